The molecule has 0 aliphatic heterocycles. The minimum Gasteiger partial charge on any atom is -0.511 e. The third kappa shape index (κ3) is 3.22. The van der Waals surface area contributed by atoms with Crippen LogP contribution in [0.25, 0.3) is 0 Å². The highest BCUT2D eigenvalue weighted by Gasteiger charge is 2.19. The molecular weight excluding hydrogens is 240 g/mol. The number of carbonyl (C=O) groups is 1. The third-order valence-electron chi connectivity index (χ3n) is 2.83. The highest BCUT2D eigenvalue weighted by molar-refractivity contribution is 5.80. The number of rotatable bonds is 4. The van der Waals surface area contributed by atoms with Gasteiger partial charge in [0.25, 0.3) is 0 Å². The van der Waals surface area contributed by atoms with Crippen molar-refractivity contribution in [2.75, 3.05) is 0 Å². The number of aliphatic carboxylic acids is 1. The summed E-state index contributed by atoms with van der Waals surface area (Å²) in [6, 6.07) is 18.7. The molecule has 0 aromatic heterocycles. The van der Waals surface area contributed by atoms with E-state index >= 15 is 0 Å². The van der Waals surface area contributed by atoms with Gasteiger partial charge in [-0.1, -0.05) is 60.7 Å². The first-order chi connectivity index (χ1) is 9.18. The third-order valence-corrected chi connectivity index (χ3v) is 2.83. The number of hydrogen-bond acceptors (Lipinski definition) is 2. The van der Waals surface area contributed by atoms with Crippen LogP contribution in [-0.4, -0.2) is 16.2 Å². The summed E-state index contributed by atoms with van der Waals surface area (Å²) in [5, 5.41) is 18.9. The second-order valence-electron chi connectivity index (χ2n) is 4.16. The highest BCUT2D eigenvalue weighted by atomic mass is 16.4. The van der Waals surface area contributed by atoms with E-state index < -0.39 is 11.9 Å². The first kappa shape index (κ1) is 12.9. The Kier molecular flexibility index (Phi) is 3.98. The summed E-state index contributed by atoms with van der Waals surface area (Å²) in [6.45, 7) is 0. The van der Waals surface area contributed by atoms with Gasteiger partial charge in [-0.25, -0.2) is 4.79 Å². The van der Waals surface area contributed by atoms with Crippen molar-refractivity contribution in [1.82, 2.24) is 0 Å². The number of aliphatic hydroxyl groups excluding tert-OH is 1. The predicted molar refractivity (Wildman–Crippen MR) is 73.1 cm³/mol. The molecule has 0 saturated carbocycles. The molecule has 2 rings (SSSR count). The van der Waals surface area contributed by atoms with Gasteiger partial charge < -0.3 is 10.2 Å². The van der Waals surface area contributed by atoms with Crippen LogP contribution in [0.3, 0.4) is 0 Å². The number of allylic oxidation sites excluding steroid dienone is 1. The van der Waals surface area contributed by atoms with Gasteiger partial charge >= 0.3 is 5.97 Å². The lowest BCUT2D eigenvalue weighted by atomic mass is 9.89. The topological polar surface area (TPSA) is 57.5 Å². The zero-order valence-electron chi connectivity index (χ0n) is 10.2. The lowest BCUT2D eigenvalue weighted by molar-refractivity contribution is -0.131. The normalized spacial score (nSPS) is 11.5. The average molecular weight is 254 g/mol. The second-order valence-corrected chi connectivity index (χ2v) is 4.16. The summed E-state index contributed by atoms with van der Waals surface area (Å²) in [5.41, 5.74) is 1.70. The van der Waals surface area contributed by atoms with Gasteiger partial charge in [-0.2, -0.15) is 0 Å². The Morgan fingerprint density at radius 3 is 1.63 bits per heavy atom. The molecular formula is C16H14O3. The van der Waals surface area contributed by atoms with Crippen molar-refractivity contribution < 1.29 is 15.0 Å². The van der Waals surface area contributed by atoms with E-state index in [1.807, 2.05) is 60.7 Å². The Morgan fingerprint density at radius 1 is 0.842 bits per heavy atom. The van der Waals surface area contributed by atoms with Crippen LogP contribution in [0.1, 0.15) is 17.0 Å². The van der Waals surface area contributed by atoms with E-state index in [0.29, 0.717) is 0 Å². The van der Waals surface area contributed by atoms with Gasteiger partial charge in [-0.15, -0.1) is 0 Å². The Morgan fingerprint density at radius 2 is 1.26 bits per heavy atom. The zero-order chi connectivity index (χ0) is 13.7. The van der Waals surface area contributed by atoms with Crippen LogP contribution in [0.2, 0.25) is 0 Å². The molecule has 0 amide bonds. The molecule has 19 heavy (non-hydrogen) atoms. The molecule has 2 aromatic rings. The molecule has 96 valence electrons. The van der Waals surface area contributed by atoms with Crippen LogP contribution >= 0.6 is 0 Å². The smallest absolute Gasteiger partial charge is 0.331 e. The van der Waals surface area contributed by atoms with Gasteiger partial charge in [0.15, 0.2) is 0 Å². The van der Waals surface area contributed by atoms with E-state index in [1.165, 1.54) is 0 Å². The Labute approximate surface area is 111 Å². The van der Waals surface area contributed by atoms with Crippen molar-refractivity contribution in [3.8, 4) is 0 Å². The van der Waals surface area contributed by atoms with Crippen LogP contribution in [0.4, 0.5) is 0 Å². The Hall–Kier alpha value is -2.55. The van der Waals surface area contributed by atoms with Crippen molar-refractivity contribution >= 4 is 5.97 Å². The van der Waals surface area contributed by atoms with Gasteiger partial charge in [0, 0.05) is 0 Å². The molecule has 0 spiro atoms. The number of aliphatic hydroxyl groups is 1. The maximum absolute atomic E-state index is 10.7. The molecule has 3 nitrogen and oxygen atoms in total. The summed E-state index contributed by atoms with van der Waals surface area (Å²) in [4.78, 5) is 10.7. The minimum absolute atomic E-state index is 0.176. The van der Waals surface area contributed by atoms with Crippen LogP contribution < -0.4 is 0 Å². The monoisotopic (exact) mass is 254 g/mol. The lowest BCUT2D eigenvalue weighted by Gasteiger charge is -2.17. The van der Waals surface area contributed by atoms with E-state index in [-0.39, 0.29) is 5.76 Å². The highest BCUT2D eigenvalue weighted by Crippen LogP contribution is 2.30. The van der Waals surface area contributed by atoms with Crippen molar-refractivity contribution in [2.45, 2.75) is 5.92 Å². The SMILES string of the molecule is O=C(O)C=C(O)C(c1ccccc1)c1ccccc1. The maximum Gasteiger partial charge on any atom is 0.331 e. The van der Waals surface area contributed by atoms with E-state index in [1.54, 1.807) is 0 Å². The quantitative estimate of drug-likeness (QED) is 0.649. The van der Waals surface area contributed by atoms with Crippen LogP contribution in [0, 0.1) is 0 Å². The molecule has 0 fully saturated rings. The molecule has 2 aromatic carbocycles. The largest absolute Gasteiger partial charge is 0.511 e. The fourth-order valence-electron chi connectivity index (χ4n) is 2.03. The summed E-state index contributed by atoms with van der Waals surface area (Å²) in [5.74, 6) is -1.79. The standard InChI is InChI=1S/C16H14O3/c17-14(11-15(18)19)16(12-7-3-1-4-8-12)13-9-5-2-6-10-13/h1-11,16-17H,(H,18,19). The molecule has 3 heteroatoms. The lowest BCUT2D eigenvalue weighted by Crippen LogP contribution is -2.06. The van der Waals surface area contributed by atoms with Gasteiger partial charge in [-0.05, 0) is 11.1 Å². The first-order valence-electron chi connectivity index (χ1n) is 5.92. The number of carboxylic acids is 1. The van der Waals surface area contributed by atoms with Gasteiger partial charge in [0.05, 0.1) is 12.0 Å². The minimum atomic E-state index is -1.16. The van der Waals surface area contributed by atoms with E-state index in [9.17, 15) is 9.90 Å². The van der Waals surface area contributed by atoms with Crippen molar-refractivity contribution in [3.63, 3.8) is 0 Å². The molecule has 0 saturated heterocycles. The van der Waals surface area contributed by atoms with Crippen LogP contribution in [0.5, 0.6) is 0 Å². The van der Waals surface area contributed by atoms with Gasteiger partial charge in [-0.3, -0.25) is 0 Å². The van der Waals surface area contributed by atoms with Crippen molar-refractivity contribution in [1.29, 1.82) is 0 Å². The van der Waals surface area contributed by atoms with E-state index in [4.69, 9.17) is 5.11 Å². The maximum atomic E-state index is 10.7. The van der Waals surface area contributed by atoms with Crippen LogP contribution in [0.15, 0.2) is 72.5 Å². The summed E-state index contributed by atoms with van der Waals surface area (Å²) in [7, 11) is 0. The van der Waals surface area contributed by atoms with Crippen molar-refractivity contribution in [2.24, 2.45) is 0 Å². The fourth-order valence-corrected chi connectivity index (χ4v) is 2.03. The number of carboxylic acid groups (broad SMARTS) is 1. The molecule has 0 unspecified atom stereocenters. The molecule has 0 bridgehead atoms. The van der Waals surface area contributed by atoms with E-state index in [0.717, 1.165) is 17.2 Å². The molecule has 0 radical (unpaired) electrons. The molecule has 0 heterocycles. The summed E-state index contributed by atoms with van der Waals surface area (Å²) in [6.07, 6.45) is 0.838. The molecule has 0 aliphatic rings. The van der Waals surface area contributed by atoms with Crippen LogP contribution in [-0.2, 0) is 4.79 Å². The molecule has 2 N–H and O–H groups in total. The molecule has 0 aliphatic carbocycles. The molecule has 0 atom stereocenters. The van der Waals surface area contributed by atoms with Gasteiger partial charge in [0.2, 0.25) is 0 Å². The fraction of sp³-hybridized carbons (Fsp3) is 0.0625. The predicted octanol–water partition coefficient (Wildman–Crippen LogP) is 3.35. The number of hydrogen-bond donors (Lipinski definition) is 2. The first-order valence-corrected chi connectivity index (χ1v) is 5.92. The van der Waals surface area contributed by atoms with Crippen molar-refractivity contribution in [3.05, 3.63) is 83.6 Å². The average Bonchev–Trinajstić information content (AvgIpc) is 2.40. The number of benzene rings is 2. The summed E-state index contributed by atoms with van der Waals surface area (Å²) < 4.78 is 0. The second kappa shape index (κ2) is 5.87. The van der Waals surface area contributed by atoms with Gasteiger partial charge in [0.1, 0.15) is 5.76 Å². The Bertz CT molecular complexity index is 534. The Balaban J connectivity index is 2.49. The zero-order valence-corrected chi connectivity index (χ0v) is 10.2. The summed E-state index contributed by atoms with van der Waals surface area (Å²) >= 11 is 0. The van der Waals surface area contributed by atoms with E-state index in [2.05, 4.69) is 0 Å².